The molecular weight excluding hydrogens is 220 g/mol. The fourth-order valence-corrected chi connectivity index (χ4v) is 1.41. The average Bonchev–Trinajstić information content (AvgIpc) is 1.91. The van der Waals surface area contributed by atoms with Crippen LogP contribution in [0.4, 0.5) is 0 Å². The van der Waals surface area contributed by atoms with Crippen LogP contribution in [-0.2, 0) is 0 Å². The highest BCUT2D eigenvalue weighted by Crippen LogP contribution is 2.24. The molecule has 0 amide bonds. The van der Waals surface area contributed by atoms with Crippen LogP contribution in [0, 0.1) is 0 Å². The molecule has 0 fully saturated rings. The van der Waals surface area contributed by atoms with E-state index in [2.05, 4.69) is 44.0 Å². The van der Waals surface area contributed by atoms with E-state index >= 15 is 0 Å². The molecule has 0 nitrogen and oxygen atoms in total. The van der Waals surface area contributed by atoms with Crippen LogP contribution in [0.1, 0.15) is 6.42 Å². The van der Waals surface area contributed by atoms with E-state index < -0.39 is 0 Å². The smallest absolute Gasteiger partial charge is 0.0453 e. The lowest BCUT2D eigenvalue weighted by Gasteiger charge is -2.00. The van der Waals surface area contributed by atoms with Gasteiger partial charge in [0.1, 0.15) is 0 Å². The van der Waals surface area contributed by atoms with E-state index in [1.807, 2.05) is 0 Å². The third-order valence-corrected chi connectivity index (χ3v) is 3.62. The van der Waals surface area contributed by atoms with Crippen LogP contribution >= 0.6 is 31.9 Å². The summed E-state index contributed by atoms with van der Waals surface area (Å²) < 4.78 is 0. The highest BCUT2D eigenvalue weighted by molar-refractivity contribution is 9.12. The van der Waals surface area contributed by atoms with Gasteiger partial charge in [-0.15, -0.1) is 0 Å². The molecule has 40 valence electrons. The Bertz CT molecular complexity index is 88.1. The molecule has 2 heteroatoms. The molecule has 0 spiro atoms. The number of alkyl halides is 2. The average molecular weight is 226 g/mol. The summed E-state index contributed by atoms with van der Waals surface area (Å²) in [4.78, 5) is 1.19. The maximum absolute atomic E-state index is 3.49. The maximum Gasteiger partial charge on any atom is 0.0453 e. The van der Waals surface area contributed by atoms with Gasteiger partial charge in [0, 0.05) is 9.65 Å². The lowest BCUT2D eigenvalue weighted by Crippen LogP contribution is -2.02. The van der Waals surface area contributed by atoms with Crippen LogP contribution in [0.5, 0.6) is 0 Å². The first-order chi connectivity index (χ1) is 3.30. The monoisotopic (exact) mass is 224 g/mol. The van der Waals surface area contributed by atoms with E-state index in [0.717, 1.165) is 6.42 Å². The fourth-order valence-electron chi connectivity index (χ4n) is 0.589. The van der Waals surface area contributed by atoms with Gasteiger partial charge in [-0.3, -0.25) is 0 Å². The Hall–Kier alpha value is 0.700. The van der Waals surface area contributed by atoms with E-state index in [1.54, 1.807) is 0 Å². The van der Waals surface area contributed by atoms with Crippen molar-refractivity contribution in [1.82, 2.24) is 0 Å². The quantitative estimate of drug-likeness (QED) is 0.439. The Balaban J connectivity index is 2.45. The van der Waals surface area contributed by atoms with Crippen molar-refractivity contribution < 1.29 is 0 Å². The van der Waals surface area contributed by atoms with Gasteiger partial charge in [0.15, 0.2) is 0 Å². The van der Waals surface area contributed by atoms with Gasteiger partial charge in [-0.1, -0.05) is 44.0 Å². The van der Waals surface area contributed by atoms with Crippen molar-refractivity contribution in [3.05, 3.63) is 12.2 Å². The van der Waals surface area contributed by atoms with Crippen molar-refractivity contribution in [1.29, 1.82) is 0 Å². The summed E-state index contributed by atoms with van der Waals surface area (Å²) >= 11 is 6.96. The minimum atomic E-state index is 0.562. The second-order valence-electron chi connectivity index (χ2n) is 1.62. The Morgan fingerprint density at radius 1 is 1.43 bits per heavy atom. The molecule has 0 N–H and O–H groups in total. The van der Waals surface area contributed by atoms with Crippen LogP contribution in [0.2, 0.25) is 0 Å². The Kier molecular flexibility index (Phi) is 1.93. The first-order valence-corrected chi connectivity index (χ1v) is 4.08. The molecule has 0 bridgehead atoms. The molecular formula is C5H6Br2. The molecule has 0 saturated heterocycles. The standard InChI is InChI=1S/C5H6Br2/c6-4-2-1-3-5(4)7/h1-2,4-5H,3H2. The normalized spacial score (nSPS) is 39.7. The van der Waals surface area contributed by atoms with Gasteiger partial charge in [0.2, 0.25) is 0 Å². The van der Waals surface area contributed by atoms with Crippen molar-refractivity contribution in [2.45, 2.75) is 16.1 Å². The van der Waals surface area contributed by atoms with Gasteiger partial charge in [0.05, 0.1) is 0 Å². The molecule has 7 heavy (non-hydrogen) atoms. The zero-order valence-corrected chi connectivity index (χ0v) is 6.94. The van der Waals surface area contributed by atoms with E-state index in [4.69, 9.17) is 0 Å². The summed E-state index contributed by atoms with van der Waals surface area (Å²) in [5, 5.41) is 0. The van der Waals surface area contributed by atoms with Crippen molar-refractivity contribution >= 4 is 31.9 Å². The van der Waals surface area contributed by atoms with E-state index in [0.29, 0.717) is 9.65 Å². The second-order valence-corrected chi connectivity index (χ2v) is 3.86. The molecule has 2 unspecified atom stereocenters. The Morgan fingerprint density at radius 2 is 2.14 bits per heavy atom. The predicted molar refractivity (Wildman–Crippen MR) is 39.2 cm³/mol. The number of hydrogen-bond acceptors (Lipinski definition) is 0. The molecule has 2 atom stereocenters. The highest BCUT2D eigenvalue weighted by Gasteiger charge is 2.15. The molecule has 0 aliphatic heterocycles. The summed E-state index contributed by atoms with van der Waals surface area (Å²) in [5.74, 6) is 0. The van der Waals surface area contributed by atoms with Crippen LogP contribution in [0.3, 0.4) is 0 Å². The number of rotatable bonds is 0. The minimum absolute atomic E-state index is 0.562. The van der Waals surface area contributed by atoms with Gasteiger partial charge >= 0.3 is 0 Å². The predicted octanol–water partition coefficient (Wildman–Crippen LogP) is 2.47. The molecule has 0 radical (unpaired) electrons. The van der Waals surface area contributed by atoms with E-state index in [9.17, 15) is 0 Å². The largest absolute Gasteiger partial charge is 0.0872 e. The third kappa shape index (κ3) is 1.29. The summed E-state index contributed by atoms with van der Waals surface area (Å²) in [7, 11) is 0. The minimum Gasteiger partial charge on any atom is -0.0872 e. The lowest BCUT2D eigenvalue weighted by atomic mass is 10.4. The zero-order valence-electron chi connectivity index (χ0n) is 3.77. The molecule has 0 aromatic heterocycles. The molecule has 0 aromatic rings. The van der Waals surface area contributed by atoms with Crippen LogP contribution in [0.25, 0.3) is 0 Å². The van der Waals surface area contributed by atoms with Gasteiger partial charge < -0.3 is 0 Å². The molecule has 0 heterocycles. The van der Waals surface area contributed by atoms with Crippen LogP contribution < -0.4 is 0 Å². The number of halogens is 2. The second kappa shape index (κ2) is 2.31. The summed E-state index contributed by atoms with van der Waals surface area (Å²) in [5.41, 5.74) is 0. The van der Waals surface area contributed by atoms with Gasteiger partial charge in [-0.2, -0.15) is 0 Å². The van der Waals surface area contributed by atoms with Crippen LogP contribution in [0.15, 0.2) is 12.2 Å². The zero-order chi connectivity index (χ0) is 5.28. The number of hydrogen-bond donors (Lipinski definition) is 0. The molecule has 1 rings (SSSR count). The summed E-state index contributed by atoms with van der Waals surface area (Å²) in [6.45, 7) is 0. The van der Waals surface area contributed by atoms with E-state index in [1.165, 1.54) is 0 Å². The fraction of sp³-hybridized carbons (Fsp3) is 0.600. The van der Waals surface area contributed by atoms with Gasteiger partial charge in [0.25, 0.3) is 0 Å². The maximum atomic E-state index is 3.49. The topological polar surface area (TPSA) is 0 Å². The Morgan fingerprint density at radius 3 is 2.29 bits per heavy atom. The number of allylic oxidation sites excluding steroid dienone is 2. The van der Waals surface area contributed by atoms with E-state index in [-0.39, 0.29) is 0 Å². The highest BCUT2D eigenvalue weighted by atomic mass is 79.9. The third-order valence-electron chi connectivity index (χ3n) is 1.03. The first-order valence-electron chi connectivity index (χ1n) is 2.25. The molecule has 0 aromatic carbocycles. The van der Waals surface area contributed by atoms with Crippen molar-refractivity contribution in [2.24, 2.45) is 0 Å². The molecule has 1 aliphatic rings. The summed E-state index contributed by atoms with van der Waals surface area (Å²) in [6.07, 6.45) is 5.51. The van der Waals surface area contributed by atoms with Crippen molar-refractivity contribution in [3.8, 4) is 0 Å². The van der Waals surface area contributed by atoms with Crippen molar-refractivity contribution in [2.75, 3.05) is 0 Å². The van der Waals surface area contributed by atoms with Gasteiger partial charge in [-0.05, 0) is 6.42 Å². The van der Waals surface area contributed by atoms with Crippen molar-refractivity contribution in [3.63, 3.8) is 0 Å². The van der Waals surface area contributed by atoms with Crippen LogP contribution in [-0.4, -0.2) is 9.65 Å². The van der Waals surface area contributed by atoms with Gasteiger partial charge in [-0.25, -0.2) is 0 Å². The Labute approximate surface area is 60.2 Å². The molecule has 0 saturated carbocycles. The first kappa shape index (κ1) is 5.83. The SMILES string of the molecule is BrC1C=CCC1Br. The molecule has 1 aliphatic carbocycles. The lowest BCUT2D eigenvalue weighted by molar-refractivity contribution is 0.998. The summed E-state index contributed by atoms with van der Waals surface area (Å²) in [6, 6.07) is 0.